The summed E-state index contributed by atoms with van der Waals surface area (Å²) >= 11 is 0. The van der Waals surface area contributed by atoms with Crippen molar-refractivity contribution >= 4 is 11.5 Å². The van der Waals surface area contributed by atoms with Crippen LogP contribution < -0.4 is 14.2 Å². The van der Waals surface area contributed by atoms with Gasteiger partial charge in [0.1, 0.15) is 0 Å². The summed E-state index contributed by atoms with van der Waals surface area (Å²) in [6.07, 6.45) is 6.05. The van der Waals surface area contributed by atoms with Gasteiger partial charge in [-0.25, -0.2) is 0 Å². The minimum Gasteiger partial charge on any atom is -0.493 e. The minimum absolute atomic E-state index is 0.00458. The first-order valence-corrected chi connectivity index (χ1v) is 9.05. The van der Waals surface area contributed by atoms with Gasteiger partial charge in [0, 0.05) is 18.5 Å². The molecule has 1 saturated heterocycles. The van der Waals surface area contributed by atoms with Gasteiger partial charge in [0.05, 0.1) is 27.4 Å². The Balaban J connectivity index is 1.96. The fourth-order valence-corrected chi connectivity index (χ4v) is 4.70. The lowest BCUT2D eigenvalue weighted by Crippen LogP contribution is -2.30. The summed E-state index contributed by atoms with van der Waals surface area (Å²) in [5.41, 5.74) is 5.03. The number of hydrogen-bond acceptors (Lipinski definition) is 4. The van der Waals surface area contributed by atoms with Gasteiger partial charge in [0.25, 0.3) is 0 Å². The van der Waals surface area contributed by atoms with Crippen molar-refractivity contribution in [1.82, 2.24) is 4.90 Å². The lowest BCUT2D eigenvalue weighted by molar-refractivity contribution is -0.129. The van der Waals surface area contributed by atoms with Crippen LogP contribution in [0.1, 0.15) is 55.7 Å². The molecule has 5 heteroatoms. The Hall–Kier alpha value is -2.17. The number of hydrogen-bond donors (Lipinski definition) is 0. The largest absolute Gasteiger partial charge is 0.493 e. The average Bonchev–Trinajstić information content (AvgIpc) is 3.20. The molecular formula is C20H25NO4. The molecule has 1 amide bonds. The summed E-state index contributed by atoms with van der Waals surface area (Å²) in [6, 6.07) is 2.06. The van der Waals surface area contributed by atoms with Gasteiger partial charge in [-0.15, -0.1) is 0 Å². The van der Waals surface area contributed by atoms with Gasteiger partial charge < -0.3 is 19.1 Å². The number of benzene rings is 1. The van der Waals surface area contributed by atoms with E-state index >= 15 is 0 Å². The Kier molecular flexibility index (Phi) is 4.10. The second-order valence-electron chi connectivity index (χ2n) is 6.91. The molecule has 0 N–H and O–H groups in total. The highest BCUT2D eigenvalue weighted by molar-refractivity contribution is 5.87. The molecule has 1 heterocycles. The average molecular weight is 343 g/mol. The van der Waals surface area contributed by atoms with Crippen molar-refractivity contribution in [2.24, 2.45) is 0 Å². The lowest BCUT2D eigenvalue weighted by atomic mass is 9.90. The SMILES string of the molecule is COc1cc2c(c(OC)c1OC)C(N1CCCC1=O)C1=C2CCCC1. The van der Waals surface area contributed by atoms with E-state index in [-0.39, 0.29) is 11.9 Å². The number of likely N-dealkylation sites (tertiary alicyclic amines) is 1. The van der Waals surface area contributed by atoms with E-state index in [9.17, 15) is 4.79 Å². The highest BCUT2D eigenvalue weighted by atomic mass is 16.5. The monoisotopic (exact) mass is 343 g/mol. The first-order chi connectivity index (χ1) is 12.2. The Labute approximate surface area is 148 Å². The topological polar surface area (TPSA) is 48.0 Å². The van der Waals surface area contributed by atoms with E-state index in [2.05, 4.69) is 6.07 Å². The number of fused-ring (bicyclic) bond motifs is 2. The summed E-state index contributed by atoms with van der Waals surface area (Å²) in [5.74, 6) is 2.24. The molecule has 5 nitrogen and oxygen atoms in total. The molecule has 2 aliphatic carbocycles. The van der Waals surface area contributed by atoms with E-state index in [0.717, 1.165) is 31.4 Å². The number of methoxy groups -OCH3 is 3. The molecule has 4 rings (SSSR count). The van der Waals surface area contributed by atoms with Crippen LogP contribution in [0.5, 0.6) is 17.2 Å². The maximum Gasteiger partial charge on any atom is 0.223 e. The first kappa shape index (κ1) is 16.3. The zero-order chi connectivity index (χ0) is 17.6. The number of nitrogens with zero attached hydrogens (tertiary/aromatic N) is 1. The van der Waals surface area contributed by atoms with Crippen LogP contribution in [-0.2, 0) is 4.79 Å². The maximum absolute atomic E-state index is 12.5. The normalized spacial score (nSPS) is 22.1. The fraction of sp³-hybridized carbons (Fsp3) is 0.550. The van der Waals surface area contributed by atoms with Gasteiger partial charge in [-0.1, -0.05) is 0 Å². The molecule has 1 fully saturated rings. The number of amides is 1. The molecule has 0 saturated carbocycles. The maximum atomic E-state index is 12.5. The van der Waals surface area contributed by atoms with Crippen LogP contribution in [0.3, 0.4) is 0 Å². The number of allylic oxidation sites excluding steroid dienone is 1. The van der Waals surface area contributed by atoms with Crippen LogP contribution in [0.2, 0.25) is 0 Å². The highest BCUT2D eigenvalue weighted by Crippen LogP contribution is 2.57. The smallest absolute Gasteiger partial charge is 0.223 e. The van der Waals surface area contributed by atoms with Gasteiger partial charge >= 0.3 is 0 Å². The van der Waals surface area contributed by atoms with E-state index in [1.807, 2.05) is 4.90 Å². The molecule has 1 atom stereocenters. The molecule has 0 aromatic heterocycles. The summed E-state index contributed by atoms with van der Waals surface area (Å²) in [6.45, 7) is 0.817. The molecule has 3 aliphatic rings. The van der Waals surface area contributed by atoms with Crippen molar-refractivity contribution < 1.29 is 19.0 Å². The van der Waals surface area contributed by atoms with Crippen LogP contribution in [-0.4, -0.2) is 38.7 Å². The summed E-state index contributed by atoms with van der Waals surface area (Å²) < 4.78 is 16.9. The van der Waals surface area contributed by atoms with E-state index in [4.69, 9.17) is 14.2 Å². The van der Waals surface area contributed by atoms with Gasteiger partial charge in [0.15, 0.2) is 11.5 Å². The predicted molar refractivity (Wildman–Crippen MR) is 95.2 cm³/mol. The molecule has 1 aromatic carbocycles. The summed E-state index contributed by atoms with van der Waals surface area (Å²) in [7, 11) is 4.94. The Morgan fingerprint density at radius 2 is 1.72 bits per heavy atom. The molecule has 0 radical (unpaired) electrons. The van der Waals surface area contributed by atoms with Gasteiger partial charge in [-0.3, -0.25) is 4.79 Å². The molecule has 0 bridgehead atoms. The third-order valence-electron chi connectivity index (χ3n) is 5.73. The van der Waals surface area contributed by atoms with Crippen molar-refractivity contribution in [3.8, 4) is 17.2 Å². The van der Waals surface area contributed by atoms with E-state index in [1.165, 1.54) is 29.6 Å². The zero-order valence-corrected chi connectivity index (χ0v) is 15.2. The summed E-state index contributed by atoms with van der Waals surface area (Å²) in [5, 5.41) is 0. The van der Waals surface area contributed by atoms with Crippen molar-refractivity contribution in [2.75, 3.05) is 27.9 Å². The minimum atomic E-state index is -0.00458. The standard InChI is InChI=1S/C20H25NO4/c1-23-15-11-14-12-7-4-5-8-13(12)18(21-10-6-9-16(21)22)17(14)20(25-3)19(15)24-2/h11,18H,4-10H2,1-3H3. The van der Waals surface area contributed by atoms with Gasteiger partial charge in [-0.05, 0) is 54.9 Å². The molecular weight excluding hydrogens is 318 g/mol. The predicted octanol–water partition coefficient (Wildman–Crippen LogP) is 3.72. The molecule has 1 unspecified atom stereocenters. The van der Waals surface area contributed by atoms with Crippen molar-refractivity contribution in [3.05, 3.63) is 22.8 Å². The van der Waals surface area contributed by atoms with Gasteiger partial charge in [-0.2, -0.15) is 0 Å². The van der Waals surface area contributed by atoms with Crippen molar-refractivity contribution in [1.29, 1.82) is 0 Å². The molecule has 134 valence electrons. The third kappa shape index (κ3) is 2.32. The Morgan fingerprint density at radius 1 is 0.960 bits per heavy atom. The molecule has 1 aliphatic heterocycles. The highest BCUT2D eigenvalue weighted by Gasteiger charge is 2.43. The number of carbonyl (C=O) groups excluding carboxylic acids is 1. The molecule has 0 spiro atoms. The van der Waals surface area contributed by atoms with Crippen LogP contribution >= 0.6 is 0 Å². The van der Waals surface area contributed by atoms with Gasteiger partial charge in [0.2, 0.25) is 11.7 Å². The van der Waals surface area contributed by atoms with E-state index in [0.29, 0.717) is 23.7 Å². The van der Waals surface area contributed by atoms with Crippen LogP contribution in [0.15, 0.2) is 11.6 Å². The van der Waals surface area contributed by atoms with Crippen molar-refractivity contribution in [3.63, 3.8) is 0 Å². The third-order valence-corrected chi connectivity index (χ3v) is 5.73. The van der Waals surface area contributed by atoms with E-state index in [1.54, 1.807) is 21.3 Å². The first-order valence-electron chi connectivity index (χ1n) is 9.05. The van der Waals surface area contributed by atoms with Crippen LogP contribution in [0.4, 0.5) is 0 Å². The Morgan fingerprint density at radius 3 is 2.36 bits per heavy atom. The number of carbonyl (C=O) groups is 1. The lowest BCUT2D eigenvalue weighted by Gasteiger charge is -2.30. The van der Waals surface area contributed by atoms with Crippen LogP contribution in [0.25, 0.3) is 5.57 Å². The molecule has 1 aromatic rings. The van der Waals surface area contributed by atoms with Crippen molar-refractivity contribution in [2.45, 2.75) is 44.6 Å². The number of ether oxygens (including phenoxy) is 3. The fourth-order valence-electron chi connectivity index (χ4n) is 4.70. The summed E-state index contributed by atoms with van der Waals surface area (Å²) in [4.78, 5) is 14.6. The second-order valence-corrected chi connectivity index (χ2v) is 6.91. The van der Waals surface area contributed by atoms with Crippen LogP contribution in [0, 0.1) is 0 Å². The van der Waals surface area contributed by atoms with E-state index < -0.39 is 0 Å². The second kappa shape index (κ2) is 6.28. The Bertz CT molecular complexity index is 753. The number of rotatable bonds is 4. The quantitative estimate of drug-likeness (QED) is 0.836. The molecule has 25 heavy (non-hydrogen) atoms. The zero-order valence-electron chi connectivity index (χ0n) is 15.2.